The third kappa shape index (κ3) is 4.49. The summed E-state index contributed by atoms with van der Waals surface area (Å²) in [5, 5.41) is 10.9. The minimum absolute atomic E-state index is 0.170. The van der Waals surface area contributed by atoms with Crippen molar-refractivity contribution in [2.75, 3.05) is 25.3 Å². The summed E-state index contributed by atoms with van der Waals surface area (Å²) in [5.41, 5.74) is 1.70. The van der Waals surface area contributed by atoms with Gasteiger partial charge in [-0.1, -0.05) is 23.1 Å². The molecular formula is C19H17N5O3S2. The summed E-state index contributed by atoms with van der Waals surface area (Å²) in [6.45, 7) is 0. The molecule has 2 aromatic heterocycles. The van der Waals surface area contributed by atoms with Crippen molar-refractivity contribution in [2.45, 2.75) is 5.16 Å². The average Bonchev–Trinajstić information content (AvgIpc) is 3.38. The molecule has 0 radical (unpaired) electrons. The van der Waals surface area contributed by atoms with Crippen molar-refractivity contribution in [1.29, 1.82) is 0 Å². The van der Waals surface area contributed by atoms with Gasteiger partial charge >= 0.3 is 0 Å². The molecule has 0 unspecified atom stereocenters. The minimum Gasteiger partial charge on any atom is -0.497 e. The van der Waals surface area contributed by atoms with E-state index >= 15 is 0 Å². The number of rotatable bonds is 7. The van der Waals surface area contributed by atoms with E-state index in [1.54, 1.807) is 14.2 Å². The molecule has 2 aromatic carbocycles. The molecule has 148 valence electrons. The summed E-state index contributed by atoms with van der Waals surface area (Å²) in [7, 11) is 3.24. The van der Waals surface area contributed by atoms with Gasteiger partial charge in [-0.3, -0.25) is 9.89 Å². The molecule has 0 saturated carbocycles. The van der Waals surface area contributed by atoms with Crippen molar-refractivity contribution in [1.82, 2.24) is 20.2 Å². The van der Waals surface area contributed by atoms with Crippen LogP contribution in [0.5, 0.6) is 11.5 Å². The highest BCUT2D eigenvalue weighted by molar-refractivity contribution is 7.99. The zero-order valence-electron chi connectivity index (χ0n) is 15.6. The number of methoxy groups -OCH3 is 2. The van der Waals surface area contributed by atoms with Crippen LogP contribution in [0.3, 0.4) is 0 Å². The van der Waals surface area contributed by atoms with E-state index in [0.717, 1.165) is 27.3 Å². The second-order valence-corrected chi connectivity index (χ2v) is 7.86. The van der Waals surface area contributed by atoms with Gasteiger partial charge in [0.25, 0.3) is 0 Å². The Morgan fingerprint density at radius 3 is 2.62 bits per heavy atom. The Morgan fingerprint density at radius 1 is 1.10 bits per heavy atom. The minimum atomic E-state index is -0.170. The molecule has 0 aliphatic carbocycles. The van der Waals surface area contributed by atoms with Gasteiger partial charge in [0.1, 0.15) is 11.5 Å². The number of nitrogens with zero attached hydrogens (tertiary/aromatic N) is 3. The summed E-state index contributed by atoms with van der Waals surface area (Å²) in [6.07, 6.45) is 0. The molecule has 4 rings (SSSR count). The van der Waals surface area contributed by atoms with Crippen molar-refractivity contribution in [3.05, 3.63) is 42.5 Å². The third-order valence-corrected chi connectivity index (χ3v) is 5.78. The zero-order valence-corrected chi connectivity index (χ0v) is 17.3. The van der Waals surface area contributed by atoms with Gasteiger partial charge in [0.2, 0.25) is 11.1 Å². The molecule has 0 fully saturated rings. The monoisotopic (exact) mass is 427 g/mol. The number of hydrogen-bond donors (Lipinski definition) is 2. The normalized spacial score (nSPS) is 10.8. The van der Waals surface area contributed by atoms with Crippen molar-refractivity contribution in [3.63, 3.8) is 0 Å². The molecule has 0 spiro atoms. The van der Waals surface area contributed by atoms with Gasteiger partial charge in [-0.15, -0.1) is 5.10 Å². The van der Waals surface area contributed by atoms with Crippen LogP contribution in [-0.2, 0) is 4.79 Å². The largest absolute Gasteiger partial charge is 0.497 e. The Kier molecular flexibility index (Phi) is 5.63. The summed E-state index contributed by atoms with van der Waals surface area (Å²) >= 11 is 2.65. The highest BCUT2D eigenvalue weighted by atomic mass is 32.2. The number of H-pyrrole nitrogens is 1. The average molecular weight is 428 g/mol. The molecule has 0 aliphatic rings. The fraction of sp³-hybridized carbons (Fsp3) is 0.158. The molecule has 0 aliphatic heterocycles. The number of nitrogens with one attached hydrogen (secondary N) is 2. The Labute approximate surface area is 174 Å². The van der Waals surface area contributed by atoms with Crippen LogP contribution >= 0.6 is 23.1 Å². The van der Waals surface area contributed by atoms with E-state index < -0.39 is 0 Å². The topological polar surface area (TPSA) is 102 Å². The summed E-state index contributed by atoms with van der Waals surface area (Å²) in [4.78, 5) is 21.1. The van der Waals surface area contributed by atoms with E-state index in [2.05, 4.69) is 25.5 Å². The van der Waals surface area contributed by atoms with Crippen LogP contribution in [0.1, 0.15) is 0 Å². The highest BCUT2D eigenvalue weighted by Crippen LogP contribution is 2.29. The number of ether oxygens (including phenoxy) is 2. The Hall–Kier alpha value is -3.11. The number of fused-ring (bicyclic) bond motifs is 1. The lowest BCUT2D eigenvalue weighted by Crippen LogP contribution is -2.13. The predicted molar refractivity (Wildman–Crippen MR) is 114 cm³/mol. The first kappa shape index (κ1) is 19.2. The SMILES string of the molecule is COc1ccc(-c2nc(SCC(=O)Nc3nc4ccc(OC)cc4s3)n[nH]2)cc1. The first-order valence-corrected chi connectivity index (χ1v) is 10.4. The lowest BCUT2D eigenvalue weighted by molar-refractivity contribution is -0.113. The van der Waals surface area contributed by atoms with Crippen molar-refractivity contribution >= 4 is 44.4 Å². The van der Waals surface area contributed by atoms with Gasteiger partial charge in [-0.25, -0.2) is 9.97 Å². The van der Waals surface area contributed by atoms with Crippen molar-refractivity contribution in [3.8, 4) is 22.9 Å². The van der Waals surface area contributed by atoms with E-state index in [1.807, 2.05) is 42.5 Å². The van der Waals surface area contributed by atoms with Crippen LogP contribution in [0, 0.1) is 0 Å². The number of hydrogen-bond acceptors (Lipinski definition) is 8. The van der Waals surface area contributed by atoms with Crippen LogP contribution in [0.15, 0.2) is 47.6 Å². The number of thioether (sulfide) groups is 1. The number of carbonyl (C=O) groups excluding carboxylic acids is 1. The molecule has 1 amide bonds. The smallest absolute Gasteiger partial charge is 0.236 e. The van der Waals surface area contributed by atoms with Gasteiger partial charge in [-0.2, -0.15) is 0 Å². The number of anilines is 1. The number of aromatic nitrogens is 4. The fourth-order valence-corrected chi connectivity index (χ4v) is 4.07. The van der Waals surface area contributed by atoms with E-state index in [-0.39, 0.29) is 11.7 Å². The molecule has 2 N–H and O–H groups in total. The number of thiazole rings is 1. The third-order valence-electron chi connectivity index (χ3n) is 4.00. The maximum absolute atomic E-state index is 12.3. The maximum atomic E-state index is 12.3. The lowest BCUT2D eigenvalue weighted by Gasteiger charge is -2.00. The zero-order chi connectivity index (χ0) is 20.2. The van der Waals surface area contributed by atoms with E-state index in [4.69, 9.17) is 9.47 Å². The highest BCUT2D eigenvalue weighted by Gasteiger charge is 2.12. The molecule has 29 heavy (non-hydrogen) atoms. The fourth-order valence-electron chi connectivity index (χ4n) is 2.56. The van der Waals surface area contributed by atoms with Gasteiger partial charge in [0.15, 0.2) is 11.0 Å². The Balaban J connectivity index is 1.35. The summed E-state index contributed by atoms with van der Waals surface area (Å²) in [5.74, 6) is 2.17. The lowest BCUT2D eigenvalue weighted by atomic mass is 10.2. The predicted octanol–water partition coefficient (Wildman–Crippen LogP) is 3.83. The van der Waals surface area contributed by atoms with Gasteiger partial charge in [-0.05, 0) is 42.5 Å². The number of benzene rings is 2. The molecular weight excluding hydrogens is 410 g/mol. The quantitative estimate of drug-likeness (QED) is 0.432. The van der Waals surface area contributed by atoms with Crippen LogP contribution in [0.2, 0.25) is 0 Å². The van der Waals surface area contributed by atoms with Crippen LogP contribution in [-0.4, -0.2) is 46.0 Å². The van der Waals surface area contributed by atoms with Gasteiger partial charge in [0.05, 0.1) is 30.2 Å². The van der Waals surface area contributed by atoms with Crippen molar-refractivity contribution < 1.29 is 14.3 Å². The van der Waals surface area contributed by atoms with Crippen LogP contribution < -0.4 is 14.8 Å². The van der Waals surface area contributed by atoms with E-state index in [0.29, 0.717) is 16.1 Å². The molecule has 0 saturated heterocycles. The maximum Gasteiger partial charge on any atom is 0.236 e. The molecule has 4 aromatic rings. The van der Waals surface area contributed by atoms with Crippen LogP contribution in [0.25, 0.3) is 21.6 Å². The number of amides is 1. The van der Waals surface area contributed by atoms with E-state index in [1.165, 1.54) is 23.1 Å². The Bertz CT molecular complexity index is 1140. The molecule has 8 nitrogen and oxygen atoms in total. The molecule has 2 heterocycles. The number of carbonyl (C=O) groups is 1. The summed E-state index contributed by atoms with van der Waals surface area (Å²) < 4.78 is 11.3. The first-order chi connectivity index (χ1) is 14.1. The number of aromatic amines is 1. The first-order valence-electron chi connectivity index (χ1n) is 8.58. The second kappa shape index (κ2) is 8.50. The van der Waals surface area contributed by atoms with Crippen LogP contribution in [0.4, 0.5) is 5.13 Å². The second-order valence-electron chi connectivity index (χ2n) is 5.88. The molecule has 10 heteroatoms. The van der Waals surface area contributed by atoms with Gasteiger partial charge < -0.3 is 14.8 Å². The van der Waals surface area contributed by atoms with Gasteiger partial charge in [0, 0.05) is 5.56 Å². The standard InChI is InChI=1S/C19H17N5O3S2/c1-26-12-5-3-11(4-6-12)17-22-19(24-23-17)28-10-16(25)21-18-20-14-8-7-13(27-2)9-15(14)29-18/h3-9H,10H2,1-2H3,(H,20,21,25)(H,22,23,24). The van der Waals surface area contributed by atoms with E-state index in [9.17, 15) is 4.79 Å². The van der Waals surface area contributed by atoms with Crippen molar-refractivity contribution in [2.24, 2.45) is 0 Å². The molecule has 0 bridgehead atoms. The Morgan fingerprint density at radius 2 is 1.86 bits per heavy atom. The summed E-state index contributed by atoms with van der Waals surface area (Å²) in [6, 6.07) is 13.1. The molecule has 0 atom stereocenters.